The minimum Gasteiger partial charge on any atom is -0.444 e. The summed E-state index contributed by atoms with van der Waals surface area (Å²) in [6.07, 6.45) is 1.41. The van der Waals surface area contributed by atoms with E-state index in [0.29, 0.717) is 32.6 Å². The summed E-state index contributed by atoms with van der Waals surface area (Å²) in [5.41, 5.74) is 18.6. The van der Waals surface area contributed by atoms with Gasteiger partial charge in [0.15, 0.2) is 5.75 Å². The maximum absolute atomic E-state index is 13.8. The van der Waals surface area contributed by atoms with Crippen molar-refractivity contribution >= 4 is 58.5 Å². The highest BCUT2D eigenvalue weighted by Gasteiger charge is 2.33. The molecule has 1 aliphatic rings. The monoisotopic (exact) mass is 589 g/mol. The number of hydrogen-bond donors (Lipinski definition) is 8. The number of carbonyl (C=O) groups is 2. The van der Waals surface area contributed by atoms with Crippen molar-refractivity contribution in [1.82, 2.24) is 9.66 Å². The number of aromatic amines is 1. The number of anilines is 2. The van der Waals surface area contributed by atoms with Gasteiger partial charge < -0.3 is 15.6 Å². The standard InChI is InChI=1S/C26H27N11O4S/c1-12-8-19(20(11-21(12)42)41-26(27,28)29)37(32)34-22-15-5-3-2-4-13(15)9-16(23(22)38)24(39)35(30)14-6-7-17-18(10-14)36(31)25(40)33-17/h2-11,42H,27-32H2,1H3,(H,33,40)/b34-22-. The van der Waals surface area contributed by atoms with Crippen LogP contribution in [0.3, 0.4) is 0 Å². The Hall–Kier alpha value is -4.97. The highest BCUT2D eigenvalue weighted by Crippen LogP contribution is 2.34. The van der Waals surface area contributed by atoms with E-state index in [1.54, 1.807) is 37.3 Å². The molecule has 0 atom stereocenters. The van der Waals surface area contributed by atoms with Gasteiger partial charge in [0.2, 0.25) is 5.78 Å². The van der Waals surface area contributed by atoms with Gasteiger partial charge in [-0.1, -0.05) is 24.3 Å². The Kier molecular flexibility index (Phi) is 7.11. The lowest BCUT2D eigenvalue weighted by molar-refractivity contribution is -0.118. The number of hydrazone groups is 1. The van der Waals surface area contributed by atoms with Crippen LogP contribution in [0.1, 0.15) is 16.7 Å². The second kappa shape index (κ2) is 10.5. The highest BCUT2D eigenvalue weighted by molar-refractivity contribution is 7.80. The van der Waals surface area contributed by atoms with Gasteiger partial charge in [-0.2, -0.15) is 10.2 Å². The molecule has 0 saturated heterocycles. The van der Waals surface area contributed by atoms with Crippen LogP contribution < -0.4 is 55.3 Å². The number of nitrogens with one attached hydrogen (secondary N) is 1. The van der Waals surface area contributed by atoms with Crippen LogP contribution in [0, 0.1) is 6.92 Å². The van der Waals surface area contributed by atoms with Crippen molar-refractivity contribution in [3.05, 3.63) is 87.3 Å². The van der Waals surface area contributed by atoms with Gasteiger partial charge in [-0.3, -0.25) is 26.8 Å². The first-order chi connectivity index (χ1) is 19.7. The normalized spacial score (nSPS) is 14.1. The molecule has 13 N–H and O–H groups in total. The number of thiol groups is 1. The van der Waals surface area contributed by atoms with E-state index in [9.17, 15) is 14.4 Å². The summed E-state index contributed by atoms with van der Waals surface area (Å²) in [4.78, 5) is 42.3. The number of aryl methyl sites for hydroxylation is 1. The lowest BCUT2D eigenvalue weighted by Gasteiger charge is -2.26. The number of ether oxygens (including phenoxy) is 1. The van der Waals surface area contributed by atoms with E-state index in [2.05, 4.69) is 22.7 Å². The number of benzene rings is 3. The van der Waals surface area contributed by atoms with Crippen molar-refractivity contribution < 1.29 is 14.3 Å². The molecule has 0 aliphatic heterocycles. The van der Waals surface area contributed by atoms with E-state index >= 15 is 0 Å². The molecular weight excluding hydrogens is 562 g/mol. The molecule has 15 nitrogen and oxygen atoms in total. The second-order valence-electron chi connectivity index (χ2n) is 9.51. The molecular formula is C26H27N11O4S. The number of rotatable bonds is 6. The number of aromatic nitrogens is 2. The van der Waals surface area contributed by atoms with Crippen molar-refractivity contribution in [1.29, 1.82) is 0 Å². The molecule has 42 heavy (non-hydrogen) atoms. The van der Waals surface area contributed by atoms with Crippen LogP contribution in [0.25, 0.3) is 17.1 Å². The maximum atomic E-state index is 13.8. The molecule has 0 unspecified atom stereocenters. The van der Waals surface area contributed by atoms with Crippen LogP contribution >= 0.6 is 12.6 Å². The molecule has 1 amide bonds. The predicted octanol–water partition coefficient (Wildman–Crippen LogP) is -0.536. The molecule has 0 spiro atoms. The third-order valence-electron chi connectivity index (χ3n) is 6.42. The van der Waals surface area contributed by atoms with Gasteiger partial charge in [-0.15, -0.1) is 12.6 Å². The maximum Gasteiger partial charge on any atom is 0.344 e. The topological polar surface area (TPSA) is 256 Å². The van der Waals surface area contributed by atoms with E-state index < -0.39 is 23.4 Å². The molecule has 0 bridgehead atoms. The van der Waals surface area contributed by atoms with Gasteiger partial charge in [0, 0.05) is 10.5 Å². The van der Waals surface area contributed by atoms with Crippen LogP contribution in [-0.4, -0.2) is 33.0 Å². The van der Waals surface area contributed by atoms with Crippen molar-refractivity contribution in [3.8, 4) is 5.75 Å². The summed E-state index contributed by atoms with van der Waals surface area (Å²) in [6.45, 7) is 1.77. The van der Waals surface area contributed by atoms with Crippen LogP contribution in [0.5, 0.6) is 5.75 Å². The zero-order valence-corrected chi connectivity index (χ0v) is 23.0. The molecule has 0 radical (unpaired) electrons. The van der Waals surface area contributed by atoms with Crippen molar-refractivity contribution in [3.63, 3.8) is 0 Å². The molecule has 1 aliphatic carbocycles. The zero-order valence-electron chi connectivity index (χ0n) is 22.1. The minimum absolute atomic E-state index is 0.0417. The number of nitrogen functional groups attached to an aromatic ring is 1. The van der Waals surface area contributed by atoms with Crippen LogP contribution in [0.2, 0.25) is 0 Å². The molecule has 3 aromatic carbocycles. The molecule has 0 fully saturated rings. The van der Waals surface area contributed by atoms with Crippen molar-refractivity contribution in [2.24, 2.45) is 34.0 Å². The first-order valence-electron chi connectivity index (χ1n) is 12.2. The Morgan fingerprint density at radius 3 is 2.50 bits per heavy atom. The largest absolute Gasteiger partial charge is 0.444 e. The van der Waals surface area contributed by atoms with Crippen molar-refractivity contribution in [2.45, 2.75) is 17.8 Å². The third kappa shape index (κ3) is 5.23. The van der Waals surface area contributed by atoms with Crippen LogP contribution in [-0.2, 0) is 9.59 Å². The lowest BCUT2D eigenvalue weighted by atomic mass is 9.89. The summed E-state index contributed by atoms with van der Waals surface area (Å²) in [5, 5.41) is 6.01. The number of hydrazine groups is 2. The van der Waals surface area contributed by atoms with E-state index in [1.807, 2.05) is 0 Å². The lowest BCUT2D eigenvalue weighted by Crippen LogP contribution is -2.62. The smallest absolute Gasteiger partial charge is 0.344 e. The SMILES string of the molecule is Cc1cc(N(N)/N=C2\C(=O)C(C(=O)N(N)c3ccc4[nH]c(=O)n(N)c4c3)=Cc3ccccc32)c(OC(N)(N)N)cc1S. The van der Waals surface area contributed by atoms with Gasteiger partial charge in [0.1, 0.15) is 11.4 Å². The number of H-pyrrole nitrogens is 1. The van der Waals surface area contributed by atoms with Crippen LogP contribution in [0.4, 0.5) is 11.4 Å². The number of ketones is 1. The number of Topliss-reactive ketones (excluding diaryl/α,β-unsaturated/α-hetero) is 1. The van der Waals surface area contributed by atoms with E-state index in [1.165, 1.54) is 30.3 Å². The van der Waals surface area contributed by atoms with Gasteiger partial charge in [-0.05, 0) is 54.5 Å². The highest BCUT2D eigenvalue weighted by atomic mass is 32.1. The summed E-state index contributed by atoms with van der Waals surface area (Å²) < 4.78 is 6.32. The molecule has 5 rings (SSSR count). The summed E-state index contributed by atoms with van der Waals surface area (Å²) in [6, 6.07) is 14.3. The molecule has 0 saturated carbocycles. The number of amides is 1. The average Bonchev–Trinajstić information content (AvgIpc) is 3.22. The van der Waals surface area contributed by atoms with Gasteiger partial charge in [-0.25, -0.2) is 26.2 Å². The quantitative estimate of drug-likeness (QED) is 0.0354. The fourth-order valence-corrected chi connectivity index (χ4v) is 4.53. The van der Waals surface area contributed by atoms with E-state index in [-0.39, 0.29) is 28.4 Å². The summed E-state index contributed by atoms with van der Waals surface area (Å²) in [5.74, 6) is 14.6. The molecule has 1 aromatic heterocycles. The third-order valence-corrected chi connectivity index (χ3v) is 6.90. The summed E-state index contributed by atoms with van der Waals surface area (Å²) in [7, 11) is 0. The van der Waals surface area contributed by atoms with Gasteiger partial charge >= 0.3 is 5.69 Å². The number of hydrogen-bond acceptors (Lipinski definition) is 13. The second-order valence-corrected chi connectivity index (χ2v) is 9.99. The number of nitrogens with two attached hydrogens (primary N) is 6. The Labute approximate surface area is 243 Å². The first kappa shape index (κ1) is 28.6. The Morgan fingerprint density at radius 1 is 1.07 bits per heavy atom. The number of imidazole rings is 1. The number of carbonyl (C=O) groups excluding carboxylic acids is 2. The predicted molar refractivity (Wildman–Crippen MR) is 161 cm³/mol. The number of fused-ring (bicyclic) bond motifs is 2. The molecule has 16 heteroatoms. The molecule has 1 heterocycles. The molecule has 216 valence electrons. The van der Waals surface area contributed by atoms with E-state index in [4.69, 9.17) is 39.5 Å². The fourth-order valence-electron chi connectivity index (χ4n) is 4.35. The Bertz CT molecular complexity index is 1890. The van der Waals surface area contributed by atoms with E-state index in [0.717, 1.165) is 14.8 Å². The fraction of sp³-hybridized carbons (Fsp3) is 0.0769. The number of nitrogens with zero attached hydrogens (tertiary/aromatic N) is 4. The zero-order chi connectivity index (χ0) is 30.5. The molecule has 4 aromatic rings. The van der Waals surface area contributed by atoms with Gasteiger partial charge in [0.25, 0.3) is 11.9 Å². The average molecular weight is 590 g/mol. The summed E-state index contributed by atoms with van der Waals surface area (Å²) >= 11 is 4.39. The first-order valence-corrected chi connectivity index (χ1v) is 12.7. The minimum atomic E-state index is -2.06. The van der Waals surface area contributed by atoms with Crippen molar-refractivity contribution in [2.75, 3.05) is 16.0 Å². The Balaban J connectivity index is 1.55. The van der Waals surface area contributed by atoms with Crippen LogP contribution in [0.15, 0.2) is 75.0 Å². The Morgan fingerprint density at radius 2 is 1.79 bits per heavy atom. The van der Waals surface area contributed by atoms with Gasteiger partial charge in [0.05, 0.1) is 22.3 Å².